The van der Waals surface area contributed by atoms with Gasteiger partial charge >= 0.3 is 6.09 Å². The van der Waals surface area contributed by atoms with E-state index >= 15 is 0 Å². The Morgan fingerprint density at radius 3 is 2.46 bits per heavy atom. The molecule has 28 heavy (non-hydrogen) atoms. The van der Waals surface area contributed by atoms with E-state index in [1.165, 1.54) is 0 Å². The maximum Gasteiger partial charge on any atom is 0.410 e. The topological polar surface area (TPSA) is 58.6 Å². The fraction of sp³-hybridized carbons (Fsp3) is 0.333. The van der Waals surface area contributed by atoms with E-state index in [-0.39, 0.29) is 24.5 Å². The molecule has 0 aromatic heterocycles. The number of rotatable bonds is 5. The molecule has 3 rings (SSSR count). The number of amides is 2. The molecule has 0 atom stereocenters. The zero-order valence-electron chi connectivity index (χ0n) is 15.4. The van der Waals surface area contributed by atoms with Crippen molar-refractivity contribution in [2.45, 2.75) is 26.0 Å². The van der Waals surface area contributed by atoms with Crippen molar-refractivity contribution in [3.8, 4) is 0 Å². The Morgan fingerprint density at radius 2 is 1.79 bits per heavy atom. The second-order valence-corrected chi connectivity index (χ2v) is 7.60. The van der Waals surface area contributed by atoms with Crippen molar-refractivity contribution in [1.29, 1.82) is 0 Å². The molecule has 1 aliphatic heterocycles. The molecule has 7 heteroatoms. The molecule has 1 fully saturated rings. The summed E-state index contributed by atoms with van der Waals surface area (Å²) in [4.78, 5) is 26.3. The quantitative estimate of drug-likeness (QED) is 0.764. The van der Waals surface area contributed by atoms with Gasteiger partial charge in [0, 0.05) is 35.6 Å². The minimum Gasteiger partial charge on any atom is -0.445 e. The first-order chi connectivity index (χ1) is 13.5. The molecular formula is C21H22Cl2N2O3. The van der Waals surface area contributed by atoms with Crippen LogP contribution in [0, 0.1) is 5.92 Å². The number of benzene rings is 2. The SMILES string of the molecule is O=C(NCc1ccc(Cl)cc1Cl)C1CCN(C(=O)OCc2ccccc2)CC1. The number of likely N-dealkylation sites (tertiary alicyclic amines) is 1. The number of piperidine rings is 1. The molecule has 1 heterocycles. The van der Waals surface area contributed by atoms with Gasteiger partial charge in [-0.25, -0.2) is 4.79 Å². The molecule has 2 aromatic carbocycles. The summed E-state index contributed by atoms with van der Waals surface area (Å²) >= 11 is 12.0. The number of ether oxygens (including phenoxy) is 1. The van der Waals surface area contributed by atoms with Crippen molar-refractivity contribution in [3.05, 3.63) is 69.7 Å². The number of carbonyl (C=O) groups is 2. The van der Waals surface area contributed by atoms with E-state index in [1.54, 1.807) is 23.1 Å². The van der Waals surface area contributed by atoms with Gasteiger partial charge in [0.25, 0.3) is 0 Å². The first-order valence-electron chi connectivity index (χ1n) is 9.20. The molecule has 0 saturated carbocycles. The summed E-state index contributed by atoms with van der Waals surface area (Å²) in [5.41, 5.74) is 1.77. The van der Waals surface area contributed by atoms with Gasteiger partial charge in [-0.2, -0.15) is 0 Å². The lowest BCUT2D eigenvalue weighted by molar-refractivity contribution is -0.126. The first-order valence-corrected chi connectivity index (χ1v) is 9.96. The molecule has 1 saturated heterocycles. The molecule has 5 nitrogen and oxygen atoms in total. The van der Waals surface area contributed by atoms with Crippen molar-refractivity contribution < 1.29 is 14.3 Å². The van der Waals surface area contributed by atoms with Crippen LogP contribution in [0.4, 0.5) is 4.79 Å². The molecule has 0 radical (unpaired) electrons. The summed E-state index contributed by atoms with van der Waals surface area (Å²) in [5.74, 6) is -0.146. The summed E-state index contributed by atoms with van der Waals surface area (Å²) in [7, 11) is 0. The van der Waals surface area contributed by atoms with E-state index in [1.807, 2.05) is 30.3 Å². The van der Waals surface area contributed by atoms with Crippen LogP contribution in [-0.2, 0) is 22.7 Å². The van der Waals surface area contributed by atoms with Gasteiger partial charge in [0.15, 0.2) is 0 Å². The molecular weight excluding hydrogens is 399 g/mol. The maximum atomic E-state index is 12.4. The lowest BCUT2D eigenvalue weighted by Gasteiger charge is -2.30. The smallest absolute Gasteiger partial charge is 0.410 e. The number of nitrogens with zero attached hydrogens (tertiary/aromatic N) is 1. The summed E-state index contributed by atoms with van der Waals surface area (Å²) < 4.78 is 5.35. The molecule has 1 aliphatic rings. The van der Waals surface area contributed by atoms with Crippen LogP contribution in [0.5, 0.6) is 0 Å². The van der Waals surface area contributed by atoms with Crippen LogP contribution in [0.15, 0.2) is 48.5 Å². The van der Waals surface area contributed by atoms with E-state index in [0.29, 0.717) is 42.5 Å². The summed E-state index contributed by atoms with van der Waals surface area (Å²) in [6.07, 6.45) is 0.886. The predicted molar refractivity (Wildman–Crippen MR) is 109 cm³/mol. The van der Waals surface area contributed by atoms with Crippen LogP contribution in [0.2, 0.25) is 10.0 Å². The monoisotopic (exact) mass is 420 g/mol. The first kappa shape index (κ1) is 20.5. The fourth-order valence-corrected chi connectivity index (χ4v) is 3.60. The summed E-state index contributed by atoms with van der Waals surface area (Å²) in [6, 6.07) is 14.8. The van der Waals surface area contributed by atoms with Crippen LogP contribution >= 0.6 is 23.2 Å². The number of hydrogen-bond donors (Lipinski definition) is 1. The molecule has 2 aromatic rings. The highest BCUT2D eigenvalue weighted by Gasteiger charge is 2.28. The van der Waals surface area contributed by atoms with E-state index in [0.717, 1.165) is 11.1 Å². The Bertz CT molecular complexity index is 822. The van der Waals surface area contributed by atoms with E-state index in [2.05, 4.69) is 5.32 Å². The van der Waals surface area contributed by atoms with Gasteiger partial charge in [-0.05, 0) is 36.1 Å². The molecule has 2 amide bonds. The average molecular weight is 421 g/mol. The van der Waals surface area contributed by atoms with E-state index in [4.69, 9.17) is 27.9 Å². The second kappa shape index (κ2) is 9.80. The highest BCUT2D eigenvalue weighted by molar-refractivity contribution is 6.35. The van der Waals surface area contributed by atoms with Crippen LogP contribution in [-0.4, -0.2) is 30.0 Å². The average Bonchev–Trinajstić information content (AvgIpc) is 2.72. The standard InChI is InChI=1S/C21H22Cl2N2O3/c22-18-7-6-17(19(23)12-18)13-24-20(26)16-8-10-25(11-9-16)21(27)28-14-15-4-2-1-3-5-15/h1-7,12,16H,8-11,13-14H2,(H,24,26). The van der Waals surface area contributed by atoms with Crippen LogP contribution in [0.1, 0.15) is 24.0 Å². The fourth-order valence-electron chi connectivity index (χ4n) is 3.13. The summed E-state index contributed by atoms with van der Waals surface area (Å²) in [5, 5.41) is 4.01. The van der Waals surface area contributed by atoms with Crippen molar-refractivity contribution in [2.75, 3.05) is 13.1 Å². The van der Waals surface area contributed by atoms with Crippen molar-refractivity contribution >= 4 is 35.2 Å². The third-order valence-corrected chi connectivity index (χ3v) is 5.38. The van der Waals surface area contributed by atoms with Gasteiger partial charge in [-0.3, -0.25) is 4.79 Å². The highest BCUT2D eigenvalue weighted by atomic mass is 35.5. The molecule has 1 N–H and O–H groups in total. The third kappa shape index (κ3) is 5.63. The van der Waals surface area contributed by atoms with Gasteiger partial charge < -0.3 is 15.0 Å². The largest absolute Gasteiger partial charge is 0.445 e. The minimum atomic E-state index is -0.337. The van der Waals surface area contributed by atoms with Crippen molar-refractivity contribution in [1.82, 2.24) is 10.2 Å². The van der Waals surface area contributed by atoms with Crippen molar-refractivity contribution in [2.24, 2.45) is 5.92 Å². The molecule has 0 aliphatic carbocycles. The Balaban J connectivity index is 1.41. The summed E-state index contributed by atoms with van der Waals surface area (Å²) in [6.45, 7) is 1.62. The van der Waals surface area contributed by atoms with Crippen LogP contribution < -0.4 is 5.32 Å². The lowest BCUT2D eigenvalue weighted by atomic mass is 9.96. The van der Waals surface area contributed by atoms with Crippen LogP contribution in [0.25, 0.3) is 0 Å². The number of hydrogen-bond acceptors (Lipinski definition) is 3. The van der Waals surface area contributed by atoms with Gasteiger partial charge in [0.05, 0.1) is 0 Å². The third-order valence-electron chi connectivity index (χ3n) is 4.80. The predicted octanol–water partition coefficient (Wildman–Crippen LogP) is 4.66. The second-order valence-electron chi connectivity index (χ2n) is 6.76. The Kier molecular flexibility index (Phi) is 7.18. The number of halogens is 2. The molecule has 0 spiro atoms. The maximum absolute atomic E-state index is 12.4. The van der Waals surface area contributed by atoms with Crippen LogP contribution in [0.3, 0.4) is 0 Å². The van der Waals surface area contributed by atoms with Gasteiger partial charge in [0.1, 0.15) is 6.61 Å². The normalized spacial score (nSPS) is 14.6. The zero-order valence-corrected chi connectivity index (χ0v) is 16.9. The molecule has 0 unspecified atom stereocenters. The zero-order chi connectivity index (χ0) is 19.9. The van der Waals surface area contributed by atoms with Gasteiger partial charge in [0.2, 0.25) is 5.91 Å². The Labute approximate surface area is 174 Å². The van der Waals surface area contributed by atoms with E-state index < -0.39 is 0 Å². The highest BCUT2D eigenvalue weighted by Crippen LogP contribution is 2.22. The van der Waals surface area contributed by atoms with Gasteiger partial charge in [-0.1, -0.05) is 59.6 Å². The number of carbonyl (C=O) groups excluding carboxylic acids is 2. The minimum absolute atomic E-state index is 0.0247. The van der Waals surface area contributed by atoms with Crippen molar-refractivity contribution in [3.63, 3.8) is 0 Å². The molecule has 148 valence electrons. The Hall–Kier alpha value is -2.24. The Morgan fingerprint density at radius 1 is 1.07 bits per heavy atom. The lowest BCUT2D eigenvalue weighted by Crippen LogP contribution is -2.43. The number of nitrogens with one attached hydrogen (secondary N) is 1. The van der Waals surface area contributed by atoms with Gasteiger partial charge in [-0.15, -0.1) is 0 Å². The van der Waals surface area contributed by atoms with E-state index in [9.17, 15) is 9.59 Å². The molecule has 0 bridgehead atoms.